The number of halogens is 4. The zero-order chi connectivity index (χ0) is 21.2. The van der Waals surface area contributed by atoms with Crippen LogP contribution in [0.25, 0.3) is 0 Å². The molecule has 160 valence electrons. The van der Waals surface area contributed by atoms with Crippen molar-refractivity contribution in [3.63, 3.8) is 0 Å². The van der Waals surface area contributed by atoms with Crippen LogP contribution in [0.3, 0.4) is 0 Å². The second-order valence-electron chi connectivity index (χ2n) is 6.33. The van der Waals surface area contributed by atoms with Crippen molar-refractivity contribution in [1.29, 1.82) is 0 Å². The van der Waals surface area contributed by atoms with Crippen molar-refractivity contribution in [2.75, 3.05) is 12.5 Å². The van der Waals surface area contributed by atoms with Gasteiger partial charge in [0.05, 0.1) is 6.61 Å². The molecular formula is C17H17Cl4NO7. The summed E-state index contributed by atoms with van der Waals surface area (Å²) in [4.78, 5) is 24.0. The zero-order valence-corrected chi connectivity index (χ0v) is 17.7. The number of ether oxygens (including phenoxy) is 4. The number of fused-ring (bicyclic) bond motifs is 1. The van der Waals surface area contributed by atoms with Crippen LogP contribution in [0.5, 0.6) is 0 Å². The van der Waals surface area contributed by atoms with Crippen LogP contribution in [0.1, 0.15) is 11.9 Å². The third-order valence-corrected chi connectivity index (χ3v) is 5.09. The van der Waals surface area contributed by atoms with E-state index in [1.807, 2.05) is 18.2 Å². The summed E-state index contributed by atoms with van der Waals surface area (Å²) in [7, 11) is 0. The Morgan fingerprint density at radius 1 is 1.21 bits per heavy atom. The first-order valence-corrected chi connectivity index (χ1v) is 10.2. The quantitative estimate of drug-likeness (QED) is 0.492. The van der Waals surface area contributed by atoms with Gasteiger partial charge in [-0.2, -0.15) is 0 Å². The van der Waals surface area contributed by atoms with E-state index >= 15 is 0 Å². The summed E-state index contributed by atoms with van der Waals surface area (Å²) in [5.41, 5.74) is 0.723. The standard InChI is InChI=1S/C17H17Cl4NO7/c18-6-10(23)28-13-11(22-16(25)17(19,20)21)14(24)27-9-7-26-15(29-12(9)13)8-4-2-1-3-5-8/h1-5,9,11-15,24H,6-7H2,(H,22,25)/t9-,11-,12-,13-,14+,15?/m1/s1. The van der Waals surface area contributed by atoms with Crippen LogP contribution < -0.4 is 5.32 Å². The SMILES string of the molecule is O=C(CCl)O[C@@H]1[C@@H](NC(=O)C(Cl)(Cl)Cl)[C@@H](O)O[C@@H]2COC(c3ccccc3)O[C@@H]12. The molecule has 1 aromatic carbocycles. The molecule has 3 rings (SSSR count). The molecular weight excluding hydrogens is 472 g/mol. The number of rotatable bonds is 4. The van der Waals surface area contributed by atoms with E-state index in [0.29, 0.717) is 0 Å². The summed E-state index contributed by atoms with van der Waals surface area (Å²) < 4.78 is 20.1. The minimum absolute atomic E-state index is 0.0430. The minimum atomic E-state index is -2.30. The Balaban J connectivity index is 1.85. The number of hydrogen-bond donors (Lipinski definition) is 2. The number of benzene rings is 1. The van der Waals surface area contributed by atoms with Crippen molar-refractivity contribution in [2.45, 2.75) is 40.7 Å². The Morgan fingerprint density at radius 2 is 1.90 bits per heavy atom. The van der Waals surface area contributed by atoms with Gasteiger partial charge in [-0.25, -0.2) is 0 Å². The molecule has 2 aliphatic heterocycles. The molecule has 2 fully saturated rings. The number of carbonyl (C=O) groups is 2. The Morgan fingerprint density at radius 3 is 2.52 bits per heavy atom. The van der Waals surface area contributed by atoms with Gasteiger partial charge in [0.15, 0.2) is 18.7 Å². The molecule has 2 aliphatic rings. The molecule has 0 saturated carbocycles. The second kappa shape index (κ2) is 9.53. The molecule has 1 unspecified atom stereocenters. The number of carbonyl (C=O) groups excluding carboxylic acids is 2. The molecule has 0 bridgehead atoms. The first-order valence-electron chi connectivity index (χ1n) is 8.49. The van der Waals surface area contributed by atoms with Crippen LogP contribution in [0.2, 0.25) is 0 Å². The van der Waals surface area contributed by atoms with Crippen molar-refractivity contribution in [3.8, 4) is 0 Å². The van der Waals surface area contributed by atoms with E-state index in [1.54, 1.807) is 12.1 Å². The third-order valence-electron chi connectivity index (χ3n) is 4.36. The lowest BCUT2D eigenvalue weighted by molar-refractivity contribution is -0.338. The fraction of sp³-hybridized carbons (Fsp3) is 0.529. The lowest BCUT2D eigenvalue weighted by Crippen LogP contribution is -2.68. The molecule has 2 saturated heterocycles. The van der Waals surface area contributed by atoms with Crippen molar-refractivity contribution in [1.82, 2.24) is 5.32 Å². The van der Waals surface area contributed by atoms with Crippen LogP contribution in [-0.2, 0) is 28.5 Å². The number of esters is 1. The summed E-state index contributed by atoms with van der Waals surface area (Å²) in [6.45, 7) is 0.0430. The first kappa shape index (κ1) is 22.8. The van der Waals surface area contributed by atoms with E-state index < -0.39 is 58.5 Å². The summed E-state index contributed by atoms with van der Waals surface area (Å²) in [5, 5.41) is 12.7. The van der Waals surface area contributed by atoms with Gasteiger partial charge in [0, 0.05) is 5.56 Å². The summed E-state index contributed by atoms with van der Waals surface area (Å²) in [5.74, 6) is -2.27. The highest BCUT2D eigenvalue weighted by molar-refractivity contribution is 6.76. The van der Waals surface area contributed by atoms with Gasteiger partial charge in [-0.05, 0) is 0 Å². The highest BCUT2D eigenvalue weighted by Crippen LogP contribution is 2.35. The average Bonchev–Trinajstić information content (AvgIpc) is 2.69. The predicted octanol–water partition coefficient (Wildman–Crippen LogP) is 1.82. The lowest BCUT2D eigenvalue weighted by Gasteiger charge is -2.47. The van der Waals surface area contributed by atoms with Gasteiger partial charge in [0.25, 0.3) is 9.70 Å². The average molecular weight is 489 g/mol. The van der Waals surface area contributed by atoms with Gasteiger partial charge < -0.3 is 29.4 Å². The Kier molecular flexibility index (Phi) is 7.51. The molecule has 1 amide bonds. The van der Waals surface area contributed by atoms with Crippen molar-refractivity contribution in [2.24, 2.45) is 0 Å². The van der Waals surface area contributed by atoms with Crippen LogP contribution in [0.15, 0.2) is 30.3 Å². The highest BCUT2D eigenvalue weighted by Gasteiger charge is 2.53. The molecule has 0 spiro atoms. The maximum atomic E-state index is 12.1. The van der Waals surface area contributed by atoms with E-state index in [2.05, 4.69) is 5.32 Å². The number of aliphatic hydroxyl groups excluding tert-OH is 1. The Labute approximate surface area is 186 Å². The number of aliphatic hydroxyl groups is 1. The van der Waals surface area contributed by atoms with E-state index in [4.69, 9.17) is 65.4 Å². The molecule has 1 aromatic rings. The topological polar surface area (TPSA) is 103 Å². The summed E-state index contributed by atoms with van der Waals surface area (Å²) in [6, 6.07) is 7.77. The smallest absolute Gasteiger partial charge is 0.321 e. The minimum Gasteiger partial charge on any atom is -0.456 e. The van der Waals surface area contributed by atoms with E-state index in [-0.39, 0.29) is 6.61 Å². The third kappa shape index (κ3) is 5.45. The van der Waals surface area contributed by atoms with Crippen molar-refractivity contribution < 1.29 is 33.6 Å². The van der Waals surface area contributed by atoms with E-state index in [9.17, 15) is 14.7 Å². The second-order valence-corrected chi connectivity index (χ2v) is 8.88. The van der Waals surface area contributed by atoms with Gasteiger partial charge in [-0.1, -0.05) is 65.1 Å². The monoisotopic (exact) mass is 487 g/mol. The first-order chi connectivity index (χ1) is 13.7. The molecule has 12 heteroatoms. The van der Waals surface area contributed by atoms with Gasteiger partial charge in [-0.3, -0.25) is 9.59 Å². The Hall–Kier alpha value is -0.840. The normalized spacial score (nSPS) is 32.2. The molecule has 29 heavy (non-hydrogen) atoms. The molecule has 8 nitrogen and oxygen atoms in total. The van der Waals surface area contributed by atoms with Crippen molar-refractivity contribution >= 4 is 58.3 Å². The van der Waals surface area contributed by atoms with Crippen LogP contribution >= 0.6 is 46.4 Å². The molecule has 0 aliphatic carbocycles. The van der Waals surface area contributed by atoms with Gasteiger partial charge in [-0.15, -0.1) is 11.6 Å². The number of amides is 1. The lowest BCUT2D eigenvalue weighted by atomic mass is 9.95. The molecule has 0 radical (unpaired) electrons. The zero-order valence-electron chi connectivity index (χ0n) is 14.7. The van der Waals surface area contributed by atoms with Gasteiger partial charge in [0.2, 0.25) is 0 Å². The number of nitrogens with one attached hydrogen (secondary N) is 1. The maximum Gasteiger partial charge on any atom is 0.321 e. The largest absolute Gasteiger partial charge is 0.456 e. The molecule has 2 N–H and O–H groups in total. The predicted molar refractivity (Wildman–Crippen MR) is 104 cm³/mol. The highest BCUT2D eigenvalue weighted by atomic mass is 35.6. The fourth-order valence-corrected chi connectivity index (χ4v) is 3.30. The van der Waals surface area contributed by atoms with E-state index in [1.165, 1.54) is 0 Å². The molecule has 2 heterocycles. The summed E-state index contributed by atoms with van der Waals surface area (Å²) in [6.07, 6.45) is -5.22. The van der Waals surface area contributed by atoms with Crippen LogP contribution in [0.4, 0.5) is 0 Å². The van der Waals surface area contributed by atoms with Crippen LogP contribution in [-0.4, -0.2) is 63.9 Å². The van der Waals surface area contributed by atoms with Gasteiger partial charge >= 0.3 is 5.97 Å². The number of alkyl halides is 4. The molecule has 6 atom stereocenters. The van der Waals surface area contributed by atoms with Crippen molar-refractivity contribution in [3.05, 3.63) is 35.9 Å². The van der Waals surface area contributed by atoms with E-state index in [0.717, 1.165) is 5.56 Å². The van der Waals surface area contributed by atoms with Crippen LogP contribution in [0, 0.1) is 0 Å². The summed E-state index contributed by atoms with van der Waals surface area (Å²) >= 11 is 22.3. The van der Waals surface area contributed by atoms with Gasteiger partial charge in [0.1, 0.15) is 24.1 Å². The molecule has 0 aromatic heterocycles. The maximum absolute atomic E-state index is 12.1. The number of hydrogen-bond acceptors (Lipinski definition) is 7. The Bertz CT molecular complexity index is 732. The fourth-order valence-electron chi connectivity index (χ4n) is 3.08.